The number of aryl methyl sites for hydroxylation is 1. The van der Waals surface area contributed by atoms with E-state index in [1.165, 1.54) is 37.0 Å². The van der Waals surface area contributed by atoms with Crippen molar-refractivity contribution in [2.45, 2.75) is 65.5 Å². The molecule has 1 aromatic heterocycles. The van der Waals surface area contributed by atoms with Gasteiger partial charge in [0.05, 0.1) is 6.54 Å². The number of thiazole rings is 1. The number of rotatable bonds is 5. The Balaban J connectivity index is 1.91. The van der Waals surface area contributed by atoms with Gasteiger partial charge in [0, 0.05) is 23.7 Å². The van der Waals surface area contributed by atoms with Gasteiger partial charge >= 0.3 is 0 Å². The Morgan fingerprint density at radius 3 is 2.95 bits per heavy atom. The maximum atomic E-state index is 4.68. The minimum absolute atomic E-state index is 0.569. The van der Waals surface area contributed by atoms with Crippen molar-refractivity contribution in [2.24, 2.45) is 10.9 Å². The molecule has 0 aliphatic heterocycles. The van der Waals surface area contributed by atoms with Crippen LogP contribution in [0.15, 0.2) is 11.2 Å². The molecule has 0 spiro atoms. The maximum absolute atomic E-state index is 4.68. The van der Waals surface area contributed by atoms with Crippen LogP contribution in [-0.2, 0) is 6.54 Å². The van der Waals surface area contributed by atoms with Crippen molar-refractivity contribution in [3.8, 4) is 0 Å². The second-order valence-electron chi connectivity index (χ2n) is 5.84. The van der Waals surface area contributed by atoms with E-state index in [9.17, 15) is 0 Å². The maximum Gasteiger partial charge on any atom is 0.191 e. The minimum atomic E-state index is 0.569. The average Bonchev–Trinajstić information content (AvgIpc) is 2.91. The van der Waals surface area contributed by atoms with Crippen LogP contribution in [0.4, 0.5) is 0 Å². The Bertz CT molecular complexity index is 455. The smallest absolute Gasteiger partial charge is 0.191 e. The predicted octanol–water partition coefficient (Wildman–Crippen LogP) is 3.48. The van der Waals surface area contributed by atoms with Crippen LogP contribution < -0.4 is 10.6 Å². The first-order chi connectivity index (χ1) is 10.2. The standard InChI is InChI=1S/C16H28N4S/c1-4-13-7-6-8-14(9-13)20-16(17-5-2)19-11-15-18-10-12(3)21-15/h10,13-14H,4-9,11H2,1-3H3,(H2,17,19,20). The van der Waals surface area contributed by atoms with Crippen molar-refractivity contribution in [1.29, 1.82) is 0 Å². The van der Waals surface area contributed by atoms with Gasteiger partial charge in [0.15, 0.2) is 5.96 Å². The third kappa shape index (κ3) is 5.30. The van der Waals surface area contributed by atoms with Crippen molar-refractivity contribution in [2.75, 3.05) is 6.54 Å². The Morgan fingerprint density at radius 1 is 1.43 bits per heavy atom. The molecule has 1 fully saturated rings. The van der Waals surface area contributed by atoms with Crippen LogP contribution in [0, 0.1) is 12.8 Å². The Hall–Kier alpha value is -1.10. The van der Waals surface area contributed by atoms with E-state index < -0.39 is 0 Å². The lowest BCUT2D eigenvalue weighted by atomic mass is 9.84. The summed E-state index contributed by atoms with van der Waals surface area (Å²) in [6, 6.07) is 0.569. The summed E-state index contributed by atoms with van der Waals surface area (Å²) in [5, 5.41) is 8.05. The van der Waals surface area contributed by atoms with Crippen LogP contribution in [0.3, 0.4) is 0 Å². The zero-order chi connectivity index (χ0) is 15.1. The van der Waals surface area contributed by atoms with Crippen molar-refractivity contribution in [3.05, 3.63) is 16.1 Å². The summed E-state index contributed by atoms with van der Waals surface area (Å²) in [6.07, 6.45) is 8.48. The summed E-state index contributed by atoms with van der Waals surface area (Å²) < 4.78 is 0. The zero-order valence-electron chi connectivity index (χ0n) is 13.5. The number of aliphatic imine (C=N–C) groups is 1. The summed E-state index contributed by atoms with van der Waals surface area (Å²) in [6.45, 7) is 8.06. The van der Waals surface area contributed by atoms with Gasteiger partial charge in [0.2, 0.25) is 0 Å². The lowest BCUT2D eigenvalue weighted by molar-refractivity contribution is 0.298. The van der Waals surface area contributed by atoms with Crippen molar-refractivity contribution in [3.63, 3.8) is 0 Å². The summed E-state index contributed by atoms with van der Waals surface area (Å²) in [4.78, 5) is 10.3. The molecule has 0 saturated heterocycles. The normalized spacial score (nSPS) is 23.1. The molecule has 1 aromatic rings. The first kappa shape index (κ1) is 16.3. The van der Waals surface area contributed by atoms with E-state index in [-0.39, 0.29) is 0 Å². The second-order valence-corrected chi connectivity index (χ2v) is 7.16. The summed E-state index contributed by atoms with van der Waals surface area (Å²) in [5.41, 5.74) is 0. The lowest BCUT2D eigenvalue weighted by Crippen LogP contribution is -2.45. The van der Waals surface area contributed by atoms with E-state index >= 15 is 0 Å². The first-order valence-electron chi connectivity index (χ1n) is 8.17. The van der Waals surface area contributed by atoms with Gasteiger partial charge in [0.25, 0.3) is 0 Å². The number of guanidine groups is 1. The lowest BCUT2D eigenvalue weighted by Gasteiger charge is -2.30. The largest absolute Gasteiger partial charge is 0.357 e. The molecule has 0 bridgehead atoms. The van der Waals surface area contributed by atoms with E-state index in [1.54, 1.807) is 11.3 Å². The van der Waals surface area contributed by atoms with Crippen LogP contribution in [0.1, 0.15) is 55.8 Å². The Kier molecular flexibility index (Phi) is 6.49. The molecular formula is C16H28N4S. The minimum Gasteiger partial charge on any atom is -0.357 e. The molecule has 0 radical (unpaired) electrons. The Labute approximate surface area is 132 Å². The van der Waals surface area contributed by atoms with Gasteiger partial charge in [-0.1, -0.05) is 26.2 Å². The second kappa shape index (κ2) is 8.37. The number of nitrogens with one attached hydrogen (secondary N) is 2. The molecule has 0 amide bonds. The van der Waals surface area contributed by atoms with Crippen LogP contribution >= 0.6 is 11.3 Å². The summed E-state index contributed by atoms with van der Waals surface area (Å²) >= 11 is 1.72. The van der Waals surface area contributed by atoms with E-state index in [0.717, 1.165) is 23.4 Å². The molecule has 118 valence electrons. The molecule has 2 atom stereocenters. The van der Waals surface area contributed by atoms with E-state index in [2.05, 4.69) is 41.4 Å². The Morgan fingerprint density at radius 2 is 2.29 bits per heavy atom. The van der Waals surface area contributed by atoms with Gasteiger partial charge in [-0.25, -0.2) is 9.98 Å². The highest BCUT2D eigenvalue weighted by atomic mass is 32.1. The first-order valence-corrected chi connectivity index (χ1v) is 8.99. The van der Waals surface area contributed by atoms with Gasteiger partial charge in [-0.3, -0.25) is 0 Å². The summed E-state index contributed by atoms with van der Waals surface area (Å²) in [5.74, 6) is 1.81. The van der Waals surface area contributed by atoms with Crippen LogP contribution in [-0.4, -0.2) is 23.5 Å². The highest BCUT2D eigenvalue weighted by molar-refractivity contribution is 7.11. The van der Waals surface area contributed by atoms with Gasteiger partial charge < -0.3 is 10.6 Å². The number of nitrogens with zero attached hydrogens (tertiary/aromatic N) is 2. The topological polar surface area (TPSA) is 49.3 Å². The fraction of sp³-hybridized carbons (Fsp3) is 0.750. The van der Waals surface area contributed by atoms with Crippen molar-refractivity contribution >= 4 is 17.3 Å². The molecule has 4 nitrogen and oxygen atoms in total. The van der Waals surface area contributed by atoms with E-state index in [1.807, 2.05) is 6.20 Å². The van der Waals surface area contributed by atoms with Crippen molar-refractivity contribution in [1.82, 2.24) is 15.6 Å². The molecule has 2 N–H and O–H groups in total. The zero-order valence-corrected chi connectivity index (χ0v) is 14.3. The average molecular weight is 308 g/mol. The number of aromatic nitrogens is 1. The van der Waals surface area contributed by atoms with Crippen LogP contribution in [0.5, 0.6) is 0 Å². The van der Waals surface area contributed by atoms with Crippen LogP contribution in [0.25, 0.3) is 0 Å². The van der Waals surface area contributed by atoms with Gasteiger partial charge in [-0.15, -0.1) is 11.3 Å². The highest BCUT2D eigenvalue weighted by Gasteiger charge is 2.21. The molecule has 1 saturated carbocycles. The molecule has 2 rings (SSSR count). The molecule has 2 unspecified atom stereocenters. The third-order valence-corrected chi connectivity index (χ3v) is 4.98. The van der Waals surface area contributed by atoms with Gasteiger partial charge in [0.1, 0.15) is 5.01 Å². The predicted molar refractivity (Wildman–Crippen MR) is 90.8 cm³/mol. The molecule has 5 heteroatoms. The molecule has 1 aliphatic carbocycles. The number of hydrogen-bond acceptors (Lipinski definition) is 3. The summed E-state index contributed by atoms with van der Waals surface area (Å²) in [7, 11) is 0. The van der Waals surface area contributed by atoms with Gasteiger partial charge in [-0.05, 0) is 32.6 Å². The molecule has 1 aliphatic rings. The number of hydrogen-bond donors (Lipinski definition) is 2. The fourth-order valence-corrected chi connectivity index (χ4v) is 3.64. The molecular weight excluding hydrogens is 280 g/mol. The van der Waals surface area contributed by atoms with Crippen LogP contribution in [0.2, 0.25) is 0 Å². The SMILES string of the molecule is CCNC(=NCc1ncc(C)s1)NC1CCCC(CC)C1. The van der Waals surface area contributed by atoms with Crippen molar-refractivity contribution < 1.29 is 0 Å². The third-order valence-electron chi connectivity index (χ3n) is 4.09. The molecule has 1 heterocycles. The molecule has 21 heavy (non-hydrogen) atoms. The quantitative estimate of drug-likeness (QED) is 0.647. The van der Waals surface area contributed by atoms with Gasteiger partial charge in [-0.2, -0.15) is 0 Å². The monoisotopic (exact) mass is 308 g/mol. The highest BCUT2D eigenvalue weighted by Crippen LogP contribution is 2.26. The van der Waals surface area contributed by atoms with E-state index in [0.29, 0.717) is 12.6 Å². The molecule has 0 aromatic carbocycles. The fourth-order valence-electron chi connectivity index (χ4n) is 2.93. The van der Waals surface area contributed by atoms with E-state index in [4.69, 9.17) is 0 Å².